The van der Waals surface area contributed by atoms with Gasteiger partial charge in [0.2, 0.25) is 0 Å². The maximum Gasteiger partial charge on any atom is 0.191 e. The molecule has 0 bridgehead atoms. The monoisotopic (exact) mass is 394 g/mol. The molecule has 2 unspecified atom stereocenters. The number of ether oxygens (including phenoxy) is 1. The van der Waals surface area contributed by atoms with Gasteiger partial charge in [0.15, 0.2) is 5.96 Å². The van der Waals surface area contributed by atoms with Gasteiger partial charge in [-0.05, 0) is 42.0 Å². The molecular formula is C24H34N4O. The van der Waals surface area contributed by atoms with Crippen LogP contribution in [0.1, 0.15) is 39.2 Å². The summed E-state index contributed by atoms with van der Waals surface area (Å²) in [5.74, 6) is 1.32. The van der Waals surface area contributed by atoms with Gasteiger partial charge in [0, 0.05) is 44.4 Å². The van der Waals surface area contributed by atoms with E-state index in [-0.39, 0.29) is 11.5 Å². The van der Waals surface area contributed by atoms with Crippen molar-refractivity contribution >= 4 is 5.96 Å². The number of aromatic nitrogens is 1. The maximum absolute atomic E-state index is 6.10. The van der Waals surface area contributed by atoms with Crippen molar-refractivity contribution in [2.75, 3.05) is 20.2 Å². The van der Waals surface area contributed by atoms with E-state index in [0.29, 0.717) is 12.5 Å². The lowest BCUT2D eigenvalue weighted by atomic mass is 9.78. The molecule has 2 atom stereocenters. The number of hydrogen-bond acceptors (Lipinski definition) is 3. The van der Waals surface area contributed by atoms with Crippen molar-refractivity contribution in [3.8, 4) is 11.3 Å². The summed E-state index contributed by atoms with van der Waals surface area (Å²) in [6.45, 7) is 9.24. The first kappa shape index (κ1) is 21.3. The average molecular weight is 395 g/mol. The van der Waals surface area contributed by atoms with Gasteiger partial charge in [0.05, 0.1) is 11.8 Å². The van der Waals surface area contributed by atoms with E-state index < -0.39 is 0 Å². The Morgan fingerprint density at radius 3 is 2.76 bits per heavy atom. The number of hydrogen-bond donors (Lipinski definition) is 2. The molecular weight excluding hydrogens is 360 g/mol. The lowest BCUT2D eigenvalue weighted by Crippen LogP contribution is -2.47. The van der Waals surface area contributed by atoms with Crippen molar-refractivity contribution in [1.29, 1.82) is 0 Å². The highest BCUT2D eigenvalue weighted by atomic mass is 16.5. The predicted octanol–water partition coefficient (Wildman–Crippen LogP) is 4.25. The Bertz CT molecular complexity index is 798. The molecule has 0 radical (unpaired) electrons. The van der Waals surface area contributed by atoms with Crippen LogP contribution in [0.25, 0.3) is 11.3 Å². The highest BCUT2D eigenvalue weighted by Crippen LogP contribution is 2.33. The summed E-state index contributed by atoms with van der Waals surface area (Å²) in [6, 6.07) is 14.4. The van der Waals surface area contributed by atoms with Gasteiger partial charge < -0.3 is 15.4 Å². The molecule has 156 valence electrons. The Kier molecular flexibility index (Phi) is 7.26. The molecule has 29 heavy (non-hydrogen) atoms. The lowest BCUT2D eigenvalue weighted by molar-refractivity contribution is -0.0835. The molecule has 1 aliphatic rings. The summed E-state index contributed by atoms with van der Waals surface area (Å²) in [5, 5.41) is 6.94. The minimum atomic E-state index is 0.148. The summed E-state index contributed by atoms with van der Waals surface area (Å²) in [6.07, 6.45) is 4.42. The highest BCUT2D eigenvalue weighted by Gasteiger charge is 2.35. The van der Waals surface area contributed by atoms with Crippen LogP contribution in [0.5, 0.6) is 0 Å². The predicted molar refractivity (Wildman–Crippen MR) is 120 cm³/mol. The zero-order chi connectivity index (χ0) is 20.7. The topological polar surface area (TPSA) is 58.5 Å². The second-order valence-electron chi connectivity index (χ2n) is 8.78. The molecule has 1 aromatic carbocycles. The Balaban J connectivity index is 1.56. The van der Waals surface area contributed by atoms with E-state index in [4.69, 9.17) is 4.74 Å². The van der Waals surface area contributed by atoms with Crippen molar-refractivity contribution < 1.29 is 4.74 Å². The van der Waals surface area contributed by atoms with E-state index in [0.717, 1.165) is 36.8 Å². The number of benzene rings is 1. The van der Waals surface area contributed by atoms with Crippen LogP contribution in [0.15, 0.2) is 53.7 Å². The fourth-order valence-electron chi connectivity index (χ4n) is 4.02. The molecule has 1 fully saturated rings. The van der Waals surface area contributed by atoms with Gasteiger partial charge in [-0.1, -0.05) is 45.0 Å². The second-order valence-corrected chi connectivity index (χ2v) is 8.78. The number of pyridine rings is 1. The third-order valence-corrected chi connectivity index (χ3v) is 5.40. The molecule has 5 nitrogen and oxygen atoms in total. The fraction of sp³-hybridized carbons (Fsp3) is 0.500. The lowest BCUT2D eigenvalue weighted by Gasteiger charge is -2.40. The van der Waals surface area contributed by atoms with E-state index in [1.165, 1.54) is 12.0 Å². The molecule has 0 saturated carbocycles. The first-order valence-electron chi connectivity index (χ1n) is 10.5. The van der Waals surface area contributed by atoms with E-state index >= 15 is 0 Å². The maximum atomic E-state index is 6.10. The SMILES string of the molecule is CN=C(NCc1cccc(-c2ccccn2)c1)NCC1CCCOC1C(C)(C)C. The zero-order valence-electron chi connectivity index (χ0n) is 18.1. The zero-order valence-corrected chi connectivity index (χ0v) is 18.1. The molecule has 0 aliphatic carbocycles. The Labute approximate surface area is 175 Å². The van der Waals surface area contributed by atoms with Gasteiger partial charge >= 0.3 is 0 Å². The number of nitrogens with zero attached hydrogens (tertiary/aromatic N) is 2. The number of aliphatic imine (C=N–C) groups is 1. The number of nitrogens with one attached hydrogen (secondary N) is 2. The molecule has 0 amide bonds. The minimum absolute atomic E-state index is 0.148. The van der Waals surface area contributed by atoms with Gasteiger partial charge in [-0.15, -0.1) is 0 Å². The summed E-state index contributed by atoms with van der Waals surface area (Å²) >= 11 is 0. The first-order valence-corrected chi connectivity index (χ1v) is 10.5. The van der Waals surface area contributed by atoms with Crippen LogP contribution in [0, 0.1) is 11.3 Å². The molecule has 1 saturated heterocycles. The van der Waals surface area contributed by atoms with Crippen molar-refractivity contribution in [2.45, 2.75) is 46.3 Å². The Morgan fingerprint density at radius 2 is 2.03 bits per heavy atom. The van der Waals surface area contributed by atoms with Crippen molar-refractivity contribution in [3.05, 3.63) is 54.2 Å². The van der Waals surface area contributed by atoms with Crippen LogP contribution in [-0.4, -0.2) is 37.2 Å². The van der Waals surface area contributed by atoms with Crippen molar-refractivity contribution in [1.82, 2.24) is 15.6 Å². The fourth-order valence-corrected chi connectivity index (χ4v) is 4.02. The van der Waals surface area contributed by atoms with E-state index in [1.807, 2.05) is 31.4 Å². The molecule has 2 aromatic rings. The normalized spacial score (nSPS) is 20.3. The van der Waals surface area contributed by atoms with Crippen LogP contribution in [0.4, 0.5) is 0 Å². The molecule has 1 aliphatic heterocycles. The second kappa shape index (κ2) is 9.88. The number of rotatable bonds is 5. The van der Waals surface area contributed by atoms with Gasteiger partial charge in [-0.2, -0.15) is 0 Å². The van der Waals surface area contributed by atoms with Gasteiger partial charge in [-0.3, -0.25) is 9.98 Å². The molecule has 0 spiro atoms. The first-order chi connectivity index (χ1) is 14.0. The van der Waals surface area contributed by atoms with E-state index in [2.05, 4.69) is 65.6 Å². The number of guanidine groups is 1. The van der Waals surface area contributed by atoms with Crippen LogP contribution in [-0.2, 0) is 11.3 Å². The summed E-state index contributed by atoms with van der Waals surface area (Å²) < 4.78 is 6.10. The third-order valence-electron chi connectivity index (χ3n) is 5.40. The summed E-state index contributed by atoms with van der Waals surface area (Å²) in [4.78, 5) is 8.84. The summed E-state index contributed by atoms with van der Waals surface area (Å²) in [7, 11) is 1.82. The molecule has 5 heteroatoms. The van der Waals surface area contributed by atoms with Gasteiger partial charge in [-0.25, -0.2) is 0 Å². The Hall–Kier alpha value is -2.40. The van der Waals surface area contributed by atoms with Crippen LogP contribution >= 0.6 is 0 Å². The smallest absolute Gasteiger partial charge is 0.191 e. The minimum Gasteiger partial charge on any atom is -0.377 e. The van der Waals surface area contributed by atoms with Crippen molar-refractivity contribution in [3.63, 3.8) is 0 Å². The molecule has 2 heterocycles. The van der Waals surface area contributed by atoms with Crippen LogP contribution in [0.3, 0.4) is 0 Å². The van der Waals surface area contributed by atoms with Crippen LogP contribution in [0.2, 0.25) is 0 Å². The average Bonchev–Trinajstić information content (AvgIpc) is 2.74. The van der Waals surface area contributed by atoms with Gasteiger partial charge in [0.1, 0.15) is 0 Å². The van der Waals surface area contributed by atoms with Gasteiger partial charge in [0.25, 0.3) is 0 Å². The van der Waals surface area contributed by atoms with E-state index in [9.17, 15) is 0 Å². The molecule has 3 rings (SSSR count). The molecule has 2 N–H and O–H groups in total. The molecule has 1 aromatic heterocycles. The Morgan fingerprint density at radius 1 is 1.17 bits per heavy atom. The quantitative estimate of drug-likeness (QED) is 0.588. The highest BCUT2D eigenvalue weighted by molar-refractivity contribution is 5.79. The van der Waals surface area contributed by atoms with Crippen molar-refractivity contribution in [2.24, 2.45) is 16.3 Å². The third kappa shape index (κ3) is 6.04. The van der Waals surface area contributed by atoms with E-state index in [1.54, 1.807) is 0 Å². The standard InChI is InChI=1S/C24H34N4O/c1-24(2,3)22-20(11-8-14-29-22)17-28-23(25-4)27-16-18-9-7-10-19(15-18)21-12-5-6-13-26-21/h5-7,9-10,12-13,15,20,22H,8,11,14,16-17H2,1-4H3,(H2,25,27,28). The summed E-state index contributed by atoms with van der Waals surface area (Å²) in [5.41, 5.74) is 3.46. The largest absolute Gasteiger partial charge is 0.377 e. The van der Waals surface area contributed by atoms with Crippen LogP contribution < -0.4 is 10.6 Å².